The molecule has 0 amide bonds. The van der Waals surface area contributed by atoms with Crippen LogP contribution in [-0.2, 0) is 11.3 Å². The van der Waals surface area contributed by atoms with Crippen LogP contribution < -0.4 is 0 Å². The number of fused-ring (bicyclic) bond motifs is 4. The molecule has 2 unspecified atom stereocenters. The summed E-state index contributed by atoms with van der Waals surface area (Å²) in [7, 11) is 0. The maximum absolute atomic E-state index is 13.3. The van der Waals surface area contributed by atoms with E-state index in [1.807, 2.05) is 0 Å². The molecule has 0 aromatic carbocycles. The van der Waals surface area contributed by atoms with Gasteiger partial charge in [-0.3, -0.25) is 9.48 Å². The molecule has 0 radical (unpaired) electrons. The van der Waals surface area contributed by atoms with Gasteiger partial charge >= 0.3 is 0 Å². The van der Waals surface area contributed by atoms with Gasteiger partial charge in [-0.1, -0.05) is 20.3 Å². The van der Waals surface area contributed by atoms with Gasteiger partial charge in [0.15, 0.2) is 5.78 Å². The molecule has 1 aromatic rings. The third-order valence-electron chi connectivity index (χ3n) is 11.0. The zero-order valence-electron chi connectivity index (χ0n) is 18.5. The molecule has 0 saturated heterocycles. The first-order chi connectivity index (χ1) is 14.5. The van der Waals surface area contributed by atoms with Crippen molar-refractivity contribution in [1.29, 1.82) is 5.26 Å². The summed E-state index contributed by atoms with van der Waals surface area (Å²) in [4.78, 5) is 13.3. The Morgan fingerprint density at radius 3 is 2.70 bits per heavy atom. The first-order valence-corrected chi connectivity index (χ1v) is 12.4. The van der Waals surface area contributed by atoms with Crippen molar-refractivity contribution in [2.24, 2.45) is 52.3 Å². The molecule has 30 heavy (non-hydrogen) atoms. The summed E-state index contributed by atoms with van der Waals surface area (Å²) in [5.41, 5.74) is 1.45. The van der Waals surface area contributed by atoms with E-state index in [2.05, 4.69) is 25.0 Å². The molecule has 0 aliphatic heterocycles. The molecule has 9 atom stereocenters. The monoisotopic (exact) mass is 405 g/mol. The second kappa shape index (κ2) is 6.44. The Morgan fingerprint density at radius 1 is 1.13 bits per heavy atom. The quantitative estimate of drug-likeness (QED) is 0.692. The molecule has 1 heterocycles. The average Bonchev–Trinajstić information content (AvgIpc) is 3.12. The van der Waals surface area contributed by atoms with Gasteiger partial charge in [0.1, 0.15) is 6.07 Å². The molecule has 160 valence electrons. The number of carbonyl (C=O) groups excluding carboxylic acids is 1. The second-order valence-corrected chi connectivity index (χ2v) is 11.9. The van der Waals surface area contributed by atoms with Gasteiger partial charge in [0.2, 0.25) is 0 Å². The van der Waals surface area contributed by atoms with Crippen LogP contribution in [0.3, 0.4) is 0 Å². The van der Waals surface area contributed by atoms with Crippen molar-refractivity contribution in [3.63, 3.8) is 0 Å². The fourth-order valence-corrected chi connectivity index (χ4v) is 9.56. The maximum atomic E-state index is 13.3. The first kappa shape index (κ1) is 19.1. The Balaban J connectivity index is 1.20. The van der Waals surface area contributed by atoms with Crippen LogP contribution in [0.15, 0.2) is 12.4 Å². The molecule has 5 saturated carbocycles. The smallest absolute Gasteiger partial charge is 0.157 e. The number of nitrogens with zero attached hydrogens (tertiary/aromatic N) is 3. The SMILES string of the molecule is C[C@H]1CC[C@@H]2[C@H]3CC[C@]4(C)[C@@H](C(=O)Cn5cc(C#N)cn5)CC[C@H]4[C@@H]3CCC23CC13. The lowest BCUT2D eigenvalue weighted by atomic mass is 9.48. The molecule has 1 aromatic heterocycles. The van der Waals surface area contributed by atoms with Crippen molar-refractivity contribution in [2.45, 2.75) is 78.2 Å². The van der Waals surface area contributed by atoms with Crippen molar-refractivity contribution in [3.8, 4) is 6.07 Å². The van der Waals surface area contributed by atoms with Gasteiger partial charge in [-0.2, -0.15) is 10.4 Å². The molecule has 6 rings (SSSR count). The van der Waals surface area contributed by atoms with E-state index >= 15 is 0 Å². The van der Waals surface area contributed by atoms with E-state index in [1.54, 1.807) is 17.1 Å². The van der Waals surface area contributed by atoms with E-state index in [-0.39, 0.29) is 11.3 Å². The largest absolute Gasteiger partial charge is 0.297 e. The molecule has 0 bridgehead atoms. The number of rotatable bonds is 3. The summed E-state index contributed by atoms with van der Waals surface area (Å²) in [5.74, 6) is 6.05. The van der Waals surface area contributed by atoms with Gasteiger partial charge in [0.05, 0.1) is 18.3 Å². The van der Waals surface area contributed by atoms with Crippen LogP contribution in [0, 0.1) is 63.6 Å². The predicted molar refractivity (Wildman–Crippen MR) is 114 cm³/mol. The number of hydrogen-bond acceptors (Lipinski definition) is 3. The van der Waals surface area contributed by atoms with Gasteiger partial charge in [0, 0.05) is 12.1 Å². The van der Waals surface area contributed by atoms with Crippen molar-refractivity contribution in [3.05, 3.63) is 18.0 Å². The second-order valence-electron chi connectivity index (χ2n) is 11.9. The van der Waals surface area contributed by atoms with Gasteiger partial charge < -0.3 is 0 Å². The van der Waals surface area contributed by atoms with Crippen LogP contribution in [-0.4, -0.2) is 15.6 Å². The Labute approximate surface area is 180 Å². The molecule has 5 aliphatic rings. The molecule has 4 nitrogen and oxygen atoms in total. The van der Waals surface area contributed by atoms with E-state index in [0.717, 1.165) is 47.3 Å². The Kier molecular flexibility index (Phi) is 4.10. The van der Waals surface area contributed by atoms with Crippen molar-refractivity contribution in [1.82, 2.24) is 9.78 Å². The van der Waals surface area contributed by atoms with Crippen molar-refractivity contribution < 1.29 is 4.79 Å². The van der Waals surface area contributed by atoms with E-state index in [9.17, 15) is 4.79 Å². The van der Waals surface area contributed by atoms with Crippen LogP contribution in [0.5, 0.6) is 0 Å². The number of hydrogen-bond donors (Lipinski definition) is 0. The highest BCUT2D eigenvalue weighted by atomic mass is 16.1. The first-order valence-electron chi connectivity index (χ1n) is 12.4. The highest BCUT2D eigenvalue weighted by Crippen LogP contribution is 2.76. The van der Waals surface area contributed by atoms with Crippen molar-refractivity contribution >= 4 is 5.78 Å². The van der Waals surface area contributed by atoms with Crippen LogP contribution >= 0.6 is 0 Å². The lowest BCUT2D eigenvalue weighted by Crippen LogP contribution is -2.50. The Morgan fingerprint density at radius 2 is 1.90 bits per heavy atom. The van der Waals surface area contributed by atoms with E-state index in [1.165, 1.54) is 51.4 Å². The lowest BCUT2D eigenvalue weighted by molar-refractivity contribution is -0.131. The number of aromatic nitrogens is 2. The Bertz CT molecular complexity index is 914. The Hall–Kier alpha value is -1.63. The minimum Gasteiger partial charge on any atom is -0.297 e. The highest BCUT2D eigenvalue weighted by Gasteiger charge is 2.68. The van der Waals surface area contributed by atoms with Crippen molar-refractivity contribution in [2.75, 3.05) is 0 Å². The zero-order valence-corrected chi connectivity index (χ0v) is 18.5. The van der Waals surface area contributed by atoms with Crippen LogP contribution in [0.1, 0.15) is 77.2 Å². The van der Waals surface area contributed by atoms with Crippen LogP contribution in [0.2, 0.25) is 0 Å². The summed E-state index contributed by atoms with van der Waals surface area (Å²) < 4.78 is 1.67. The number of Topliss-reactive ketones (excluding diaryl/α,β-unsaturated/α-hetero) is 1. The maximum Gasteiger partial charge on any atom is 0.157 e. The predicted octanol–water partition coefficient (Wildman–Crippen LogP) is 5.23. The molecule has 1 spiro atoms. The average molecular weight is 406 g/mol. The van der Waals surface area contributed by atoms with E-state index < -0.39 is 0 Å². The fourth-order valence-electron chi connectivity index (χ4n) is 9.56. The molecule has 4 heteroatoms. The molecular weight excluding hydrogens is 370 g/mol. The molecule has 0 N–H and O–H groups in total. The normalized spacial score (nSPS) is 48.6. The lowest BCUT2D eigenvalue weighted by Gasteiger charge is -2.56. The minimum atomic E-state index is 0.175. The third kappa shape index (κ3) is 2.50. The standard InChI is InChI=1S/C26H35N3O/c1-16-3-4-21-19-7-9-25(2)20(18(19)8-10-26(21)11-23(16)26)5-6-22(25)24(30)15-29-14-17(12-27)13-28-29/h13-14,16,18-23H,3-11,15H2,1-2H3/t16-,18+,19-,20-,21+,22+,23?,25-,26?/m0/s1. The van der Waals surface area contributed by atoms with Crippen LogP contribution in [0.4, 0.5) is 0 Å². The van der Waals surface area contributed by atoms with Gasteiger partial charge in [0.25, 0.3) is 0 Å². The molecule has 5 aliphatic carbocycles. The third-order valence-corrected chi connectivity index (χ3v) is 11.0. The summed E-state index contributed by atoms with van der Waals surface area (Å²) >= 11 is 0. The highest BCUT2D eigenvalue weighted by molar-refractivity contribution is 5.82. The topological polar surface area (TPSA) is 58.7 Å². The summed E-state index contributed by atoms with van der Waals surface area (Å²) in [6, 6.07) is 2.11. The number of carbonyl (C=O) groups is 1. The minimum absolute atomic E-state index is 0.175. The summed E-state index contributed by atoms with van der Waals surface area (Å²) in [6.45, 7) is 5.28. The fraction of sp³-hybridized carbons (Fsp3) is 0.808. The number of nitriles is 1. The van der Waals surface area contributed by atoms with E-state index in [0.29, 0.717) is 17.9 Å². The van der Waals surface area contributed by atoms with Gasteiger partial charge in [-0.15, -0.1) is 0 Å². The number of ketones is 1. The van der Waals surface area contributed by atoms with Crippen LogP contribution in [0.25, 0.3) is 0 Å². The summed E-state index contributed by atoms with van der Waals surface area (Å²) in [6.07, 6.45) is 15.5. The molecule has 5 fully saturated rings. The molecular formula is C26H35N3O. The zero-order chi connectivity index (χ0) is 20.7. The van der Waals surface area contributed by atoms with Gasteiger partial charge in [-0.05, 0) is 97.7 Å². The van der Waals surface area contributed by atoms with Gasteiger partial charge in [-0.25, -0.2) is 0 Å². The van der Waals surface area contributed by atoms with E-state index in [4.69, 9.17) is 5.26 Å². The summed E-state index contributed by atoms with van der Waals surface area (Å²) in [5, 5.41) is 13.3.